The summed E-state index contributed by atoms with van der Waals surface area (Å²) in [4.78, 5) is 4.74. The summed E-state index contributed by atoms with van der Waals surface area (Å²) in [6.07, 6.45) is 1.80. The van der Waals surface area contributed by atoms with Gasteiger partial charge in [0.15, 0.2) is 9.84 Å². The van der Waals surface area contributed by atoms with Crippen molar-refractivity contribution < 1.29 is 8.42 Å². The second-order valence-electron chi connectivity index (χ2n) is 6.54. The quantitative estimate of drug-likeness (QED) is 0.668. The first-order valence-electron chi connectivity index (χ1n) is 8.84. The molecule has 4 nitrogen and oxygen atoms in total. The van der Waals surface area contributed by atoms with Crippen LogP contribution in [0.2, 0.25) is 5.02 Å². The van der Waals surface area contributed by atoms with Crippen molar-refractivity contribution in [2.24, 2.45) is 0 Å². The lowest BCUT2D eigenvalue weighted by Gasteiger charge is -2.29. The van der Waals surface area contributed by atoms with Gasteiger partial charge in [0.2, 0.25) is 0 Å². The Hall–Kier alpha value is -0.620. The van der Waals surface area contributed by atoms with E-state index in [0.29, 0.717) is 11.5 Å². The summed E-state index contributed by atoms with van der Waals surface area (Å²) < 4.78 is 23.7. The van der Waals surface area contributed by atoms with Crippen molar-refractivity contribution in [2.45, 2.75) is 39.3 Å². The lowest BCUT2D eigenvalue weighted by atomic mass is 10.1. The highest BCUT2D eigenvalue weighted by Crippen LogP contribution is 2.21. The Bertz CT molecular complexity index is 617. The molecule has 1 atom stereocenters. The highest BCUT2D eigenvalue weighted by atomic mass is 35.5. The van der Waals surface area contributed by atoms with Crippen LogP contribution in [0.1, 0.15) is 32.3 Å². The Morgan fingerprint density at radius 1 is 1.21 bits per heavy atom. The van der Waals surface area contributed by atoms with Crippen molar-refractivity contribution in [2.75, 3.05) is 37.7 Å². The summed E-state index contributed by atoms with van der Waals surface area (Å²) in [6, 6.07) is 7.99. The monoisotopic (exact) mass is 372 g/mol. The molecule has 24 heavy (non-hydrogen) atoms. The standard InChI is InChI=1S/C18H29ClN2O2S/c1-3-20(4-2)10-6-11-21(18-9-12-24(22,23)15-18)14-16-7-5-8-17(19)13-16/h5,7-8,13,18H,3-4,6,9-12,14-15H2,1-2H3/t18-/m1/s1. The van der Waals surface area contributed by atoms with Gasteiger partial charge in [0.1, 0.15) is 0 Å². The second-order valence-corrected chi connectivity index (χ2v) is 9.20. The highest BCUT2D eigenvalue weighted by Gasteiger charge is 2.32. The Balaban J connectivity index is 2.01. The molecule has 0 aliphatic carbocycles. The van der Waals surface area contributed by atoms with Crippen LogP contribution in [0.25, 0.3) is 0 Å². The molecule has 136 valence electrons. The fraction of sp³-hybridized carbons (Fsp3) is 0.667. The van der Waals surface area contributed by atoms with Crippen molar-refractivity contribution in [3.05, 3.63) is 34.9 Å². The maximum atomic E-state index is 11.9. The fourth-order valence-electron chi connectivity index (χ4n) is 3.36. The van der Waals surface area contributed by atoms with E-state index in [0.717, 1.165) is 56.2 Å². The lowest BCUT2D eigenvalue weighted by molar-refractivity contribution is 0.186. The molecule has 0 spiro atoms. The number of nitrogens with zero attached hydrogens (tertiary/aromatic N) is 2. The molecule has 1 heterocycles. The molecule has 0 unspecified atom stereocenters. The first-order chi connectivity index (χ1) is 11.4. The predicted octanol–water partition coefficient (Wildman–Crippen LogP) is 3.06. The third-order valence-electron chi connectivity index (χ3n) is 4.81. The molecule has 1 aromatic rings. The number of hydrogen-bond donors (Lipinski definition) is 0. The molecule has 0 radical (unpaired) electrons. The van der Waals surface area contributed by atoms with Crippen LogP contribution >= 0.6 is 11.6 Å². The van der Waals surface area contributed by atoms with Gasteiger partial charge in [-0.3, -0.25) is 4.90 Å². The Morgan fingerprint density at radius 3 is 2.54 bits per heavy atom. The maximum absolute atomic E-state index is 11.9. The molecule has 0 saturated carbocycles. The number of hydrogen-bond acceptors (Lipinski definition) is 4. The summed E-state index contributed by atoms with van der Waals surface area (Å²) in [7, 11) is -2.87. The van der Waals surface area contributed by atoms with Gasteiger partial charge in [-0.2, -0.15) is 0 Å². The summed E-state index contributed by atoms with van der Waals surface area (Å²) >= 11 is 6.10. The normalized spacial score (nSPS) is 20.1. The highest BCUT2D eigenvalue weighted by molar-refractivity contribution is 7.91. The van der Waals surface area contributed by atoms with Crippen LogP contribution in [-0.2, 0) is 16.4 Å². The van der Waals surface area contributed by atoms with Gasteiger partial charge in [0.05, 0.1) is 11.5 Å². The van der Waals surface area contributed by atoms with E-state index in [4.69, 9.17) is 11.6 Å². The fourth-order valence-corrected chi connectivity index (χ4v) is 5.34. The molecule has 1 aliphatic rings. The van der Waals surface area contributed by atoms with Crippen LogP contribution in [0.5, 0.6) is 0 Å². The van der Waals surface area contributed by atoms with Crippen molar-refractivity contribution >= 4 is 21.4 Å². The smallest absolute Gasteiger partial charge is 0.151 e. The minimum atomic E-state index is -2.87. The minimum Gasteiger partial charge on any atom is -0.304 e. The summed E-state index contributed by atoms with van der Waals surface area (Å²) in [5.41, 5.74) is 1.15. The average molecular weight is 373 g/mol. The van der Waals surface area contributed by atoms with Crippen molar-refractivity contribution in [3.8, 4) is 0 Å². The Morgan fingerprint density at radius 2 is 1.96 bits per heavy atom. The van der Waals surface area contributed by atoms with Gasteiger partial charge >= 0.3 is 0 Å². The van der Waals surface area contributed by atoms with Crippen molar-refractivity contribution in [1.82, 2.24) is 9.80 Å². The van der Waals surface area contributed by atoms with E-state index >= 15 is 0 Å². The molecule has 1 aromatic carbocycles. The van der Waals surface area contributed by atoms with Crippen LogP contribution < -0.4 is 0 Å². The van der Waals surface area contributed by atoms with E-state index in [1.165, 1.54) is 0 Å². The van der Waals surface area contributed by atoms with Gasteiger partial charge in [0.25, 0.3) is 0 Å². The van der Waals surface area contributed by atoms with E-state index in [-0.39, 0.29) is 6.04 Å². The van der Waals surface area contributed by atoms with Crippen LogP contribution in [0.3, 0.4) is 0 Å². The van der Waals surface area contributed by atoms with Crippen LogP contribution in [-0.4, -0.2) is 61.9 Å². The van der Waals surface area contributed by atoms with E-state index in [1.54, 1.807) is 0 Å². The summed E-state index contributed by atoms with van der Waals surface area (Å²) in [6.45, 7) is 9.21. The number of rotatable bonds is 9. The molecular formula is C18H29ClN2O2S. The molecule has 0 amide bonds. The molecule has 6 heteroatoms. The zero-order valence-corrected chi connectivity index (χ0v) is 16.3. The van der Waals surface area contributed by atoms with E-state index < -0.39 is 9.84 Å². The molecule has 0 N–H and O–H groups in total. The molecule has 1 saturated heterocycles. The first-order valence-corrected chi connectivity index (χ1v) is 11.0. The predicted molar refractivity (Wildman–Crippen MR) is 101 cm³/mol. The van der Waals surface area contributed by atoms with Gasteiger partial charge in [0, 0.05) is 24.2 Å². The lowest BCUT2D eigenvalue weighted by Crippen LogP contribution is -2.38. The zero-order valence-electron chi connectivity index (χ0n) is 14.7. The summed E-state index contributed by atoms with van der Waals surface area (Å²) in [5.74, 6) is 0.610. The molecule has 1 fully saturated rings. The third kappa shape index (κ3) is 6.03. The van der Waals surface area contributed by atoms with Crippen LogP contribution in [0.4, 0.5) is 0 Å². The number of benzene rings is 1. The molecular weight excluding hydrogens is 344 g/mol. The molecule has 0 bridgehead atoms. The average Bonchev–Trinajstić information content (AvgIpc) is 2.90. The van der Waals surface area contributed by atoms with E-state index in [9.17, 15) is 8.42 Å². The van der Waals surface area contributed by atoms with Gasteiger partial charge in [-0.15, -0.1) is 0 Å². The van der Waals surface area contributed by atoms with E-state index in [2.05, 4.69) is 29.7 Å². The maximum Gasteiger partial charge on any atom is 0.151 e. The number of halogens is 1. The number of sulfone groups is 1. The van der Waals surface area contributed by atoms with Crippen molar-refractivity contribution in [1.29, 1.82) is 0 Å². The van der Waals surface area contributed by atoms with Crippen LogP contribution in [0, 0.1) is 0 Å². The van der Waals surface area contributed by atoms with Gasteiger partial charge in [-0.1, -0.05) is 37.6 Å². The van der Waals surface area contributed by atoms with Gasteiger partial charge in [-0.05, 0) is 50.2 Å². The largest absolute Gasteiger partial charge is 0.304 e. The molecule has 2 rings (SSSR count). The second kappa shape index (κ2) is 9.18. The molecule has 0 aromatic heterocycles. The SMILES string of the molecule is CCN(CC)CCCN(Cc1cccc(Cl)c1)[C@@H]1CCS(=O)(=O)C1. The molecule has 1 aliphatic heterocycles. The Kier molecular flexibility index (Phi) is 7.54. The van der Waals surface area contributed by atoms with Gasteiger partial charge < -0.3 is 4.90 Å². The topological polar surface area (TPSA) is 40.6 Å². The Labute approximate surface area is 151 Å². The minimum absolute atomic E-state index is 0.130. The zero-order chi connectivity index (χ0) is 17.6. The van der Waals surface area contributed by atoms with Crippen molar-refractivity contribution in [3.63, 3.8) is 0 Å². The third-order valence-corrected chi connectivity index (χ3v) is 6.80. The van der Waals surface area contributed by atoms with Crippen LogP contribution in [0.15, 0.2) is 24.3 Å². The summed E-state index contributed by atoms with van der Waals surface area (Å²) in [5, 5.41) is 0.731. The van der Waals surface area contributed by atoms with Gasteiger partial charge in [-0.25, -0.2) is 8.42 Å². The van der Waals surface area contributed by atoms with E-state index in [1.807, 2.05) is 18.2 Å². The first kappa shape index (κ1) is 19.7.